The van der Waals surface area contributed by atoms with Crippen LogP contribution < -0.4 is 14.8 Å². The van der Waals surface area contributed by atoms with Crippen molar-refractivity contribution in [1.82, 2.24) is 5.32 Å². The fourth-order valence-corrected chi connectivity index (χ4v) is 3.33. The summed E-state index contributed by atoms with van der Waals surface area (Å²) in [6, 6.07) is 17.3. The maximum atomic E-state index is 6.09. The van der Waals surface area contributed by atoms with Gasteiger partial charge in [-0.15, -0.1) is 0 Å². The minimum atomic E-state index is 0.507. The highest BCUT2D eigenvalue weighted by Crippen LogP contribution is 2.29. The summed E-state index contributed by atoms with van der Waals surface area (Å²) < 4.78 is 11.6. The molecule has 0 radical (unpaired) electrons. The molecule has 0 saturated carbocycles. The van der Waals surface area contributed by atoms with Crippen molar-refractivity contribution in [3.8, 4) is 11.5 Å². The Hall–Kier alpha value is -2.00. The quantitative estimate of drug-likeness (QED) is 0.484. The molecule has 0 fully saturated rings. The first kappa shape index (κ1) is 22.3. The zero-order chi connectivity index (χ0) is 20.2. The number of methoxy groups -OCH3 is 1. The summed E-state index contributed by atoms with van der Waals surface area (Å²) in [7, 11) is 1.70. The molecule has 2 rings (SSSR count). The van der Waals surface area contributed by atoms with E-state index in [1.165, 1.54) is 24.0 Å². The molecule has 0 aromatic heterocycles. The number of hydrogen-bond acceptors (Lipinski definition) is 3. The van der Waals surface area contributed by atoms with Crippen LogP contribution in [0.4, 0.5) is 0 Å². The first-order valence-electron chi connectivity index (χ1n) is 10.7. The minimum absolute atomic E-state index is 0.507. The molecule has 154 valence electrons. The lowest BCUT2D eigenvalue weighted by Gasteiger charge is -2.20. The summed E-state index contributed by atoms with van der Waals surface area (Å²) in [5, 5.41) is 3.71. The van der Waals surface area contributed by atoms with E-state index in [9.17, 15) is 0 Å². The largest absolute Gasteiger partial charge is 0.493 e. The molecule has 0 amide bonds. The molecule has 2 aromatic rings. The van der Waals surface area contributed by atoms with Gasteiger partial charge in [-0.25, -0.2) is 0 Å². The van der Waals surface area contributed by atoms with Crippen LogP contribution in [0, 0.1) is 5.92 Å². The van der Waals surface area contributed by atoms with E-state index in [2.05, 4.69) is 62.5 Å². The molecule has 0 bridgehead atoms. The molecule has 3 nitrogen and oxygen atoms in total. The number of nitrogens with one attached hydrogen (secondary N) is 1. The first-order chi connectivity index (χ1) is 13.6. The van der Waals surface area contributed by atoms with Gasteiger partial charge in [0.25, 0.3) is 0 Å². The maximum absolute atomic E-state index is 6.09. The molecule has 28 heavy (non-hydrogen) atoms. The van der Waals surface area contributed by atoms with E-state index in [4.69, 9.17) is 9.47 Å². The molecule has 2 aromatic carbocycles. The third kappa shape index (κ3) is 7.93. The molecule has 0 saturated heterocycles. The van der Waals surface area contributed by atoms with Crippen LogP contribution in [-0.2, 0) is 12.8 Å². The van der Waals surface area contributed by atoms with Crippen LogP contribution in [0.15, 0.2) is 48.5 Å². The molecule has 1 N–H and O–H groups in total. The summed E-state index contributed by atoms with van der Waals surface area (Å²) in [5.41, 5.74) is 2.59. The maximum Gasteiger partial charge on any atom is 0.161 e. The molecular weight excluding hydrogens is 346 g/mol. The zero-order valence-corrected chi connectivity index (χ0v) is 18.0. The molecule has 0 aliphatic carbocycles. The van der Waals surface area contributed by atoms with Crippen LogP contribution in [0.3, 0.4) is 0 Å². The Balaban J connectivity index is 2.00. The van der Waals surface area contributed by atoms with Crippen molar-refractivity contribution in [3.63, 3.8) is 0 Å². The van der Waals surface area contributed by atoms with Gasteiger partial charge >= 0.3 is 0 Å². The summed E-state index contributed by atoms with van der Waals surface area (Å²) in [4.78, 5) is 0. The van der Waals surface area contributed by atoms with Gasteiger partial charge in [0.1, 0.15) is 0 Å². The van der Waals surface area contributed by atoms with Crippen LogP contribution >= 0.6 is 0 Å². The van der Waals surface area contributed by atoms with Gasteiger partial charge in [-0.1, -0.05) is 57.2 Å². The second-order valence-corrected chi connectivity index (χ2v) is 7.90. The van der Waals surface area contributed by atoms with Crippen molar-refractivity contribution in [2.75, 3.05) is 20.3 Å². The third-order valence-electron chi connectivity index (χ3n) is 4.98. The van der Waals surface area contributed by atoms with E-state index in [1.54, 1.807) is 7.11 Å². The highest BCUT2D eigenvalue weighted by Gasteiger charge is 2.13. The lowest BCUT2D eigenvalue weighted by molar-refractivity contribution is 0.297. The molecule has 1 atom stereocenters. The fraction of sp³-hybridized carbons (Fsp3) is 0.520. The smallest absolute Gasteiger partial charge is 0.161 e. The predicted octanol–water partition coefficient (Wildman–Crippen LogP) is 5.66. The van der Waals surface area contributed by atoms with Gasteiger partial charge in [-0.05, 0) is 61.4 Å². The van der Waals surface area contributed by atoms with Crippen LogP contribution in [0.1, 0.15) is 51.2 Å². The highest BCUT2D eigenvalue weighted by atomic mass is 16.5. The van der Waals surface area contributed by atoms with Gasteiger partial charge in [0, 0.05) is 12.5 Å². The first-order valence-corrected chi connectivity index (χ1v) is 10.7. The number of rotatable bonds is 13. The zero-order valence-electron chi connectivity index (χ0n) is 18.0. The molecule has 0 unspecified atom stereocenters. The monoisotopic (exact) mass is 383 g/mol. The van der Waals surface area contributed by atoms with E-state index in [-0.39, 0.29) is 0 Å². The van der Waals surface area contributed by atoms with Crippen LogP contribution in [-0.4, -0.2) is 26.3 Å². The Bertz CT molecular complexity index is 670. The lowest BCUT2D eigenvalue weighted by atomic mass is 9.97. The predicted molar refractivity (Wildman–Crippen MR) is 118 cm³/mol. The van der Waals surface area contributed by atoms with E-state index < -0.39 is 0 Å². The van der Waals surface area contributed by atoms with Gasteiger partial charge in [-0.3, -0.25) is 0 Å². The van der Waals surface area contributed by atoms with Crippen LogP contribution in [0.2, 0.25) is 0 Å². The molecule has 0 aliphatic heterocycles. The topological polar surface area (TPSA) is 30.5 Å². The molecular formula is C25H37NO2. The number of ether oxygens (including phenoxy) is 2. The highest BCUT2D eigenvalue weighted by molar-refractivity contribution is 5.43. The molecule has 0 heterocycles. The average Bonchev–Trinajstić information content (AvgIpc) is 2.71. The second-order valence-electron chi connectivity index (χ2n) is 7.90. The van der Waals surface area contributed by atoms with Crippen LogP contribution in [0.5, 0.6) is 11.5 Å². The van der Waals surface area contributed by atoms with Crippen molar-refractivity contribution >= 4 is 0 Å². The number of benzene rings is 2. The summed E-state index contributed by atoms with van der Waals surface area (Å²) in [5.74, 6) is 2.38. The molecule has 0 aliphatic rings. The Labute approximate surface area is 171 Å². The van der Waals surface area contributed by atoms with E-state index >= 15 is 0 Å². The van der Waals surface area contributed by atoms with E-state index in [1.807, 2.05) is 12.1 Å². The summed E-state index contributed by atoms with van der Waals surface area (Å²) >= 11 is 0. The average molecular weight is 384 g/mol. The summed E-state index contributed by atoms with van der Waals surface area (Å²) in [6.45, 7) is 8.53. The standard InChI is InChI=1S/C25H37NO2/c1-5-16-26-23(13-11-20(2)3)18-22-12-14-24(27-4)25(19-22)28-17-15-21-9-7-6-8-10-21/h6-10,12,14,19-20,23,26H,5,11,13,15-18H2,1-4H3/t23-/m0/s1. The summed E-state index contributed by atoms with van der Waals surface area (Å²) in [6.07, 6.45) is 5.52. The van der Waals surface area contributed by atoms with Gasteiger partial charge in [0.2, 0.25) is 0 Å². The van der Waals surface area contributed by atoms with Gasteiger partial charge in [-0.2, -0.15) is 0 Å². The third-order valence-corrected chi connectivity index (χ3v) is 4.98. The van der Waals surface area contributed by atoms with Crippen LogP contribution in [0.25, 0.3) is 0 Å². The Morgan fingerprint density at radius 3 is 2.39 bits per heavy atom. The van der Waals surface area contributed by atoms with E-state index in [0.29, 0.717) is 12.6 Å². The van der Waals surface area contributed by atoms with Gasteiger partial charge in [0.15, 0.2) is 11.5 Å². The molecule has 0 spiro atoms. The lowest BCUT2D eigenvalue weighted by Crippen LogP contribution is -2.32. The molecule has 3 heteroatoms. The van der Waals surface area contributed by atoms with Crippen molar-refractivity contribution in [2.24, 2.45) is 5.92 Å². The SMILES string of the molecule is CCCN[C@@H](CCC(C)C)Cc1ccc(OC)c(OCCc2ccccc2)c1. The Kier molecular flexibility index (Phi) is 9.92. The normalized spacial score (nSPS) is 12.2. The van der Waals surface area contributed by atoms with Gasteiger partial charge < -0.3 is 14.8 Å². The number of hydrogen-bond donors (Lipinski definition) is 1. The second kappa shape index (κ2) is 12.5. The van der Waals surface area contributed by atoms with Crippen molar-refractivity contribution < 1.29 is 9.47 Å². The van der Waals surface area contributed by atoms with E-state index in [0.717, 1.165) is 43.2 Å². The van der Waals surface area contributed by atoms with Gasteiger partial charge in [0.05, 0.1) is 13.7 Å². The van der Waals surface area contributed by atoms with Crippen molar-refractivity contribution in [2.45, 2.75) is 58.9 Å². The minimum Gasteiger partial charge on any atom is -0.493 e. The van der Waals surface area contributed by atoms with Crippen molar-refractivity contribution in [1.29, 1.82) is 0 Å². The Morgan fingerprint density at radius 2 is 1.71 bits per heavy atom. The fourth-order valence-electron chi connectivity index (χ4n) is 3.33. The van der Waals surface area contributed by atoms with Crippen molar-refractivity contribution in [3.05, 3.63) is 59.7 Å². The Morgan fingerprint density at radius 1 is 0.929 bits per heavy atom.